The summed E-state index contributed by atoms with van der Waals surface area (Å²) in [7, 11) is 1.35. The van der Waals surface area contributed by atoms with Gasteiger partial charge in [-0.15, -0.1) is 0 Å². The first-order valence-electron chi connectivity index (χ1n) is 7.45. The molecule has 0 amide bonds. The SMILES string of the molecule is CNC(CC(O)C(O)C(O)C(O)CO)C(O)C(O)C(O)C(O)CO. The van der Waals surface area contributed by atoms with Gasteiger partial charge in [0, 0.05) is 6.04 Å². The molecule has 0 aliphatic rings. The lowest BCUT2D eigenvalue weighted by Gasteiger charge is -2.33. The number of hydrogen-bond donors (Lipinski definition) is 11. The molecular formula is C13H29NO10. The molecule has 0 bridgehead atoms. The van der Waals surface area contributed by atoms with E-state index in [1.54, 1.807) is 0 Å². The van der Waals surface area contributed by atoms with Gasteiger partial charge in [-0.05, 0) is 13.5 Å². The summed E-state index contributed by atoms with van der Waals surface area (Å²) in [6.07, 6.45) is -14.6. The van der Waals surface area contributed by atoms with Gasteiger partial charge in [0.1, 0.15) is 36.6 Å². The van der Waals surface area contributed by atoms with Crippen LogP contribution < -0.4 is 5.32 Å². The van der Waals surface area contributed by atoms with Gasteiger partial charge in [0.05, 0.1) is 25.4 Å². The molecule has 0 aliphatic carbocycles. The van der Waals surface area contributed by atoms with Crippen LogP contribution in [0.5, 0.6) is 0 Å². The van der Waals surface area contributed by atoms with Gasteiger partial charge in [-0.2, -0.15) is 0 Å². The first-order valence-corrected chi connectivity index (χ1v) is 7.45. The lowest BCUT2D eigenvalue weighted by molar-refractivity contribution is -0.135. The van der Waals surface area contributed by atoms with Gasteiger partial charge >= 0.3 is 0 Å². The van der Waals surface area contributed by atoms with Gasteiger partial charge in [0.15, 0.2) is 0 Å². The molecule has 0 aromatic carbocycles. The monoisotopic (exact) mass is 359 g/mol. The molecule has 0 saturated heterocycles. The van der Waals surface area contributed by atoms with Gasteiger partial charge in [0.25, 0.3) is 0 Å². The quantitative estimate of drug-likeness (QED) is 0.158. The van der Waals surface area contributed by atoms with Crippen molar-refractivity contribution in [1.82, 2.24) is 5.32 Å². The highest BCUT2D eigenvalue weighted by Gasteiger charge is 2.37. The predicted octanol–water partition coefficient (Wildman–Crippen LogP) is -6.16. The van der Waals surface area contributed by atoms with Crippen molar-refractivity contribution in [3.05, 3.63) is 0 Å². The lowest BCUT2D eigenvalue weighted by atomic mass is 9.91. The summed E-state index contributed by atoms with van der Waals surface area (Å²) in [5.74, 6) is 0. The number of likely N-dealkylation sites (N-methyl/N-ethyl adjacent to an activating group) is 1. The van der Waals surface area contributed by atoms with Gasteiger partial charge in [0.2, 0.25) is 0 Å². The predicted molar refractivity (Wildman–Crippen MR) is 79.7 cm³/mol. The topological polar surface area (TPSA) is 214 Å². The minimum atomic E-state index is -1.87. The molecule has 0 fully saturated rings. The van der Waals surface area contributed by atoms with Crippen molar-refractivity contribution in [1.29, 1.82) is 0 Å². The van der Waals surface area contributed by atoms with Crippen LogP contribution in [0.15, 0.2) is 0 Å². The van der Waals surface area contributed by atoms with Crippen molar-refractivity contribution >= 4 is 0 Å². The highest BCUT2D eigenvalue weighted by atomic mass is 16.4. The van der Waals surface area contributed by atoms with E-state index in [1.165, 1.54) is 7.05 Å². The molecule has 0 heterocycles. The normalized spacial score (nSPS) is 23.6. The third-order valence-corrected chi connectivity index (χ3v) is 3.88. The molecule has 9 unspecified atom stereocenters. The third-order valence-electron chi connectivity index (χ3n) is 3.88. The van der Waals surface area contributed by atoms with Crippen LogP contribution in [-0.4, -0.2) is 126 Å². The zero-order valence-electron chi connectivity index (χ0n) is 13.3. The Labute approximate surface area is 139 Å². The van der Waals surface area contributed by atoms with E-state index < -0.39 is 74.5 Å². The Balaban J connectivity index is 4.84. The number of hydrogen-bond acceptors (Lipinski definition) is 11. The van der Waals surface area contributed by atoms with Crippen LogP contribution in [0, 0.1) is 0 Å². The number of aliphatic hydroxyl groups is 10. The summed E-state index contributed by atoms with van der Waals surface area (Å²) in [5.41, 5.74) is 0. The first kappa shape index (κ1) is 23.6. The summed E-state index contributed by atoms with van der Waals surface area (Å²) in [6.45, 7) is -1.69. The van der Waals surface area contributed by atoms with E-state index in [1.807, 2.05) is 0 Å². The molecule has 11 heteroatoms. The van der Waals surface area contributed by atoms with E-state index in [0.29, 0.717) is 0 Å². The maximum atomic E-state index is 10.0. The molecular weight excluding hydrogens is 330 g/mol. The van der Waals surface area contributed by atoms with Gasteiger partial charge in [-0.3, -0.25) is 0 Å². The summed E-state index contributed by atoms with van der Waals surface area (Å²) >= 11 is 0. The van der Waals surface area contributed by atoms with Gasteiger partial charge in [-0.25, -0.2) is 0 Å². The molecule has 0 radical (unpaired) electrons. The van der Waals surface area contributed by atoms with Crippen LogP contribution >= 0.6 is 0 Å². The van der Waals surface area contributed by atoms with E-state index >= 15 is 0 Å². The lowest BCUT2D eigenvalue weighted by Crippen LogP contribution is -2.55. The Bertz CT molecular complexity index is 336. The molecule has 0 aromatic rings. The zero-order chi connectivity index (χ0) is 19.0. The summed E-state index contributed by atoms with van der Waals surface area (Å²) in [4.78, 5) is 0. The molecule has 0 aliphatic heterocycles. The van der Waals surface area contributed by atoms with Crippen molar-refractivity contribution in [3.63, 3.8) is 0 Å². The Morgan fingerprint density at radius 2 is 0.958 bits per heavy atom. The number of rotatable bonds is 12. The molecule has 0 saturated carbocycles. The fourth-order valence-corrected chi connectivity index (χ4v) is 2.17. The second-order valence-corrected chi connectivity index (χ2v) is 5.65. The van der Waals surface area contributed by atoms with Crippen LogP contribution in [0.1, 0.15) is 6.42 Å². The smallest absolute Gasteiger partial charge is 0.111 e. The van der Waals surface area contributed by atoms with Crippen molar-refractivity contribution in [2.45, 2.75) is 61.3 Å². The maximum absolute atomic E-state index is 10.0. The number of nitrogens with one attached hydrogen (secondary N) is 1. The molecule has 0 aromatic heterocycles. The van der Waals surface area contributed by atoms with E-state index in [-0.39, 0.29) is 0 Å². The van der Waals surface area contributed by atoms with Gasteiger partial charge in [-0.1, -0.05) is 0 Å². The van der Waals surface area contributed by atoms with Crippen molar-refractivity contribution < 1.29 is 51.1 Å². The van der Waals surface area contributed by atoms with Crippen LogP contribution in [0.2, 0.25) is 0 Å². The largest absolute Gasteiger partial charge is 0.394 e. The summed E-state index contributed by atoms with van der Waals surface area (Å²) in [5, 5.41) is 97.0. The van der Waals surface area contributed by atoms with E-state index in [4.69, 9.17) is 10.2 Å². The zero-order valence-corrected chi connectivity index (χ0v) is 13.3. The van der Waals surface area contributed by atoms with Crippen LogP contribution in [0.25, 0.3) is 0 Å². The van der Waals surface area contributed by atoms with Crippen LogP contribution in [-0.2, 0) is 0 Å². The van der Waals surface area contributed by atoms with Crippen molar-refractivity contribution in [2.24, 2.45) is 0 Å². The van der Waals surface area contributed by atoms with Gasteiger partial charge < -0.3 is 56.4 Å². The molecule has 0 rings (SSSR count). The highest BCUT2D eigenvalue weighted by molar-refractivity contribution is 4.91. The van der Waals surface area contributed by atoms with Crippen LogP contribution in [0.4, 0.5) is 0 Å². The summed E-state index contributed by atoms with van der Waals surface area (Å²) < 4.78 is 0. The minimum Gasteiger partial charge on any atom is -0.394 e. The van der Waals surface area contributed by atoms with Crippen molar-refractivity contribution in [2.75, 3.05) is 20.3 Å². The molecule has 146 valence electrons. The van der Waals surface area contributed by atoms with Crippen molar-refractivity contribution in [3.8, 4) is 0 Å². The van der Waals surface area contributed by atoms with E-state index in [0.717, 1.165) is 0 Å². The Kier molecular flexibility index (Phi) is 11.0. The Morgan fingerprint density at radius 1 is 0.583 bits per heavy atom. The second kappa shape index (κ2) is 11.2. The van der Waals surface area contributed by atoms with E-state index in [9.17, 15) is 40.9 Å². The second-order valence-electron chi connectivity index (χ2n) is 5.65. The summed E-state index contributed by atoms with van der Waals surface area (Å²) in [6, 6.07) is -1.08. The maximum Gasteiger partial charge on any atom is 0.111 e. The highest BCUT2D eigenvalue weighted by Crippen LogP contribution is 2.15. The average molecular weight is 359 g/mol. The average Bonchev–Trinajstić information content (AvgIpc) is 2.60. The number of aliphatic hydroxyl groups excluding tert-OH is 10. The Morgan fingerprint density at radius 3 is 1.33 bits per heavy atom. The minimum absolute atomic E-state index is 0.410. The third kappa shape index (κ3) is 6.46. The molecule has 11 N–H and O–H groups in total. The Hall–Kier alpha value is -0.440. The fraction of sp³-hybridized carbons (Fsp3) is 1.00. The first-order chi connectivity index (χ1) is 11.1. The molecule has 11 nitrogen and oxygen atoms in total. The fourth-order valence-electron chi connectivity index (χ4n) is 2.17. The van der Waals surface area contributed by atoms with Crippen LogP contribution in [0.3, 0.4) is 0 Å². The van der Waals surface area contributed by atoms with E-state index in [2.05, 4.69) is 5.32 Å². The molecule has 0 spiro atoms. The molecule has 9 atom stereocenters. The molecule has 24 heavy (non-hydrogen) atoms. The standard InChI is InChI=1S/C13H29NO10/c1-14-5(9(20)13(24)12(23)8(19)4-16)2-6(17)10(21)11(22)7(18)3-15/h5-24H,2-4H2,1H3.